The Morgan fingerprint density at radius 3 is 2.96 bits per heavy atom. The van der Waals surface area contributed by atoms with Crippen molar-refractivity contribution < 1.29 is 9.53 Å². The van der Waals surface area contributed by atoms with Gasteiger partial charge in [-0.05, 0) is 51.7 Å². The summed E-state index contributed by atoms with van der Waals surface area (Å²) in [6, 6.07) is 5.87. The number of amides is 1. The van der Waals surface area contributed by atoms with Crippen LogP contribution in [0.3, 0.4) is 0 Å². The number of fused-ring (bicyclic) bond motifs is 1. The molecule has 0 radical (unpaired) electrons. The summed E-state index contributed by atoms with van der Waals surface area (Å²) in [4.78, 5) is 14.1. The van der Waals surface area contributed by atoms with E-state index in [9.17, 15) is 4.79 Å². The third kappa shape index (κ3) is 3.63. The fourth-order valence-electron chi connectivity index (χ4n) is 3.22. The second kappa shape index (κ2) is 6.34. The minimum Gasteiger partial charge on any atom is -0.444 e. The summed E-state index contributed by atoms with van der Waals surface area (Å²) >= 11 is 0. The molecule has 1 aromatic carbocycles. The zero-order valence-corrected chi connectivity index (χ0v) is 14.7. The van der Waals surface area contributed by atoms with E-state index in [0.29, 0.717) is 12.5 Å². The third-order valence-corrected chi connectivity index (χ3v) is 4.32. The first-order valence-corrected chi connectivity index (χ1v) is 8.51. The Bertz CT molecular complexity index is 732. The highest BCUT2D eigenvalue weighted by Gasteiger charge is 2.28. The van der Waals surface area contributed by atoms with Gasteiger partial charge in [0, 0.05) is 30.7 Å². The van der Waals surface area contributed by atoms with Crippen molar-refractivity contribution in [2.24, 2.45) is 5.92 Å². The van der Waals surface area contributed by atoms with Gasteiger partial charge < -0.3 is 15.4 Å². The second-order valence-corrected chi connectivity index (χ2v) is 7.54. The number of piperidine rings is 1. The van der Waals surface area contributed by atoms with Crippen molar-refractivity contribution in [3.63, 3.8) is 0 Å². The average Bonchev–Trinajstić information content (AvgIpc) is 2.90. The number of carbonyl (C=O) groups excluding carboxylic acids is 1. The number of hydrogen-bond acceptors (Lipinski definition) is 4. The zero-order valence-electron chi connectivity index (χ0n) is 14.7. The number of likely N-dealkylation sites (tertiary alicyclic amines) is 1. The molecule has 0 unspecified atom stereocenters. The highest BCUT2D eigenvalue weighted by Crippen LogP contribution is 2.24. The molecule has 1 aliphatic heterocycles. The zero-order chi connectivity index (χ0) is 17.3. The van der Waals surface area contributed by atoms with Crippen LogP contribution >= 0.6 is 0 Å². The molecule has 0 bridgehead atoms. The quantitative estimate of drug-likeness (QED) is 0.858. The lowest BCUT2D eigenvalue weighted by Crippen LogP contribution is -2.43. The van der Waals surface area contributed by atoms with E-state index in [2.05, 4.69) is 5.10 Å². The first-order valence-electron chi connectivity index (χ1n) is 8.51. The van der Waals surface area contributed by atoms with E-state index in [1.807, 2.05) is 54.7 Å². The minimum atomic E-state index is -0.459. The van der Waals surface area contributed by atoms with E-state index in [4.69, 9.17) is 10.5 Å². The Kier molecular flexibility index (Phi) is 4.39. The number of hydrogen-bond donors (Lipinski definition) is 1. The molecule has 6 nitrogen and oxygen atoms in total. The molecule has 0 spiro atoms. The number of nitrogens with two attached hydrogens (primary N) is 1. The van der Waals surface area contributed by atoms with Crippen molar-refractivity contribution in [1.82, 2.24) is 14.7 Å². The van der Waals surface area contributed by atoms with Gasteiger partial charge in [0.25, 0.3) is 0 Å². The van der Waals surface area contributed by atoms with Crippen molar-refractivity contribution in [2.75, 3.05) is 18.8 Å². The van der Waals surface area contributed by atoms with E-state index in [1.54, 1.807) is 0 Å². The minimum absolute atomic E-state index is 0.221. The van der Waals surface area contributed by atoms with Crippen LogP contribution < -0.4 is 5.73 Å². The first kappa shape index (κ1) is 16.6. The number of anilines is 1. The van der Waals surface area contributed by atoms with E-state index in [1.165, 1.54) is 0 Å². The van der Waals surface area contributed by atoms with E-state index < -0.39 is 5.60 Å². The summed E-state index contributed by atoms with van der Waals surface area (Å²) in [6.45, 7) is 7.94. The summed E-state index contributed by atoms with van der Waals surface area (Å²) in [5.74, 6) is 0.371. The molecule has 2 aromatic rings. The van der Waals surface area contributed by atoms with Gasteiger partial charge in [-0.25, -0.2) is 4.79 Å². The Hall–Kier alpha value is -2.24. The maximum atomic E-state index is 12.3. The SMILES string of the molecule is CC(C)(C)OC(=O)N1CCC[C@@H](Cn2ncc3c(N)cccc32)C1. The van der Waals surface area contributed by atoms with Gasteiger partial charge in [0.2, 0.25) is 0 Å². The standard InChI is InChI=1S/C18H26N4O2/c1-18(2,3)24-17(23)21-9-5-6-13(11-21)12-22-16-8-4-7-15(19)14(16)10-20-22/h4,7-8,10,13H,5-6,9,11-12,19H2,1-3H3/t13-/m1/s1. The summed E-state index contributed by atoms with van der Waals surface area (Å²) in [6.07, 6.45) is 3.68. The molecule has 1 aromatic heterocycles. The molecule has 1 atom stereocenters. The molecule has 1 saturated heterocycles. The van der Waals surface area contributed by atoms with Crippen LogP contribution in [0.25, 0.3) is 10.9 Å². The Morgan fingerprint density at radius 2 is 2.21 bits per heavy atom. The number of aromatic nitrogens is 2. The van der Waals surface area contributed by atoms with Gasteiger partial charge in [0.05, 0.1) is 11.7 Å². The number of ether oxygens (including phenoxy) is 1. The van der Waals surface area contributed by atoms with E-state index in [-0.39, 0.29) is 6.09 Å². The van der Waals surface area contributed by atoms with Crippen LogP contribution in [0, 0.1) is 5.92 Å². The average molecular weight is 330 g/mol. The van der Waals surface area contributed by atoms with Crippen molar-refractivity contribution >= 4 is 22.7 Å². The van der Waals surface area contributed by atoms with Crippen LogP contribution in [0.1, 0.15) is 33.6 Å². The second-order valence-electron chi connectivity index (χ2n) is 7.54. The van der Waals surface area contributed by atoms with Crippen LogP contribution in [0.15, 0.2) is 24.4 Å². The van der Waals surface area contributed by atoms with Crippen LogP contribution in [0.5, 0.6) is 0 Å². The molecule has 1 amide bonds. The van der Waals surface area contributed by atoms with Crippen LogP contribution in [-0.4, -0.2) is 39.5 Å². The van der Waals surface area contributed by atoms with E-state index in [0.717, 1.165) is 42.5 Å². The van der Waals surface area contributed by atoms with Crippen molar-refractivity contribution in [3.05, 3.63) is 24.4 Å². The molecule has 3 rings (SSSR count). The van der Waals surface area contributed by atoms with E-state index >= 15 is 0 Å². The summed E-state index contributed by atoms with van der Waals surface area (Å²) in [5.41, 5.74) is 7.34. The molecule has 6 heteroatoms. The molecule has 0 aliphatic carbocycles. The van der Waals surface area contributed by atoms with Gasteiger partial charge in [0.15, 0.2) is 0 Å². The van der Waals surface area contributed by atoms with Gasteiger partial charge in [-0.15, -0.1) is 0 Å². The molecular formula is C18H26N4O2. The molecule has 1 fully saturated rings. The number of nitrogen functional groups attached to an aromatic ring is 1. The van der Waals surface area contributed by atoms with Gasteiger partial charge in [-0.3, -0.25) is 4.68 Å². The van der Waals surface area contributed by atoms with Gasteiger partial charge in [-0.2, -0.15) is 5.10 Å². The molecule has 130 valence electrons. The fraction of sp³-hybridized carbons (Fsp3) is 0.556. The Morgan fingerprint density at radius 1 is 1.42 bits per heavy atom. The van der Waals surface area contributed by atoms with Crippen LogP contribution in [0.4, 0.5) is 10.5 Å². The Labute approximate surface area is 142 Å². The summed E-state index contributed by atoms with van der Waals surface area (Å²) < 4.78 is 7.49. The number of benzene rings is 1. The molecule has 0 saturated carbocycles. The van der Waals surface area contributed by atoms with Crippen LogP contribution in [-0.2, 0) is 11.3 Å². The lowest BCUT2D eigenvalue weighted by atomic mass is 9.98. The Balaban J connectivity index is 1.69. The van der Waals surface area contributed by atoms with Gasteiger partial charge in [0.1, 0.15) is 5.60 Å². The fourth-order valence-corrected chi connectivity index (χ4v) is 3.22. The van der Waals surface area contributed by atoms with Crippen molar-refractivity contribution in [3.8, 4) is 0 Å². The number of nitrogens with zero attached hydrogens (tertiary/aromatic N) is 3. The highest BCUT2D eigenvalue weighted by molar-refractivity contribution is 5.90. The van der Waals surface area contributed by atoms with Gasteiger partial charge >= 0.3 is 6.09 Å². The van der Waals surface area contributed by atoms with Crippen molar-refractivity contribution in [2.45, 2.75) is 45.8 Å². The summed E-state index contributed by atoms with van der Waals surface area (Å²) in [7, 11) is 0. The van der Waals surface area contributed by atoms with Gasteiger partial charge in [-0.1, -0.05) is 6.07 Å². The predicted molar refractivity (Wildman–Crippen MR) is 94.7 cm³/mol. The third-order valence-electron chi connectivity index (χ3n) is 4.32. The molecule has 1 aliphatic rings. The lowest BCUT2D eigenvalue weighted by molar-refractivity contribution is 0.0156. The summed E-state index contributed by atoms with van der Waals surface area (Å²) in [5, 5.41) is 5.47. The molecule has 2 heterocycles. The largest absolute Gasteiger partial charge is 0.444 e. The van der Waals surface area contributed by atoms with Crippen molar-refractivity contribution in [1.29, 1.82) is 0 Å². The monoisotopic (exact) mass is 330 g/mol. The number of rotatable bonds is 2. The number of carbonyl (C=O) groups is 1. The maximum absolute atomic E-state index is 12.3. The topological polar surface area (TPSA) is 73.4 Å². The van der Waals surface area contributed by atoms with Crippen LogP contribution in [0.2, 0.25) is 0 Å². The predicted octanol–water partition coefficient (Wildman–Crippen LogP) is 3.27. The smallest absolute Gasteiger partial charge is 0.410 e. The molecule has 2 N–H and O–H groups in total. The highest BCUT2D eigenvalue weighted by atomic mass is 16.6. The lowest BCUT2D eigenvalue weighted by Gasteiger charge is -2.34. The molecule has 24 heavy (non-hydrogen) atoms. The maximum Gasteiger partial charge on any atom is 0.410 e. The molecular weight excluding hydrogens is 304 g/mol. The normalized spacial score (nSPS) is 18.8. The first-order chi connectivity index (χ1) is 11.3.